The minimum atomic E-state index is -1.82. The lowest BCUT2D eigenvalue weighted by molar-refractivity contribution is -0.210. The van der Waals surface area contributed by atoms with Crippen molar-refractivity contribution in [3.05, 3.63) is 35.5 Å². The highest BCUT2D eigenvalue weighted by molar-refractivity contribution is 5.91. The van der Waals surface area contributed by atoms with Crippen LogP contribution in [0.4, 0.5) is 0 Å². The summed E-state index contributed by atoms with van der Waals surface area (Å²) < 4.78 is 17.4. The smallest absolute Gasteiger partial charge is 0.334 e. The van der Waals surface area contributed by atoms with Gasteiger partial charge in [0.05, 0.1) is 36.9 Å². The van der Waals surface area contributed by atoms with Gasteiger partial charge in [0, 0.05) is 24.0 Å². The summed E-state index contributed by atoms with van der Waals surface area (Å²) in [6.07, 6.45) is 1.37. The van der Waals surface area contributed by atoms with Crippen LogP contribution in [-0.4, -0.2) is 64.2 Å². The highest BCUT2D eigenvalue weighted by Crippen LogP contribution is 2.47. The van der Waals surface area contributed by atoms with E-state index >= 15 is 0 Å². The number of esters is 1. The van der Waals surface area contributed by atoms with E-state index in [-0.39, 0.29) is 24.0 Å². The molecule has 2 saturated heterocycles. The van der Waals surface area contributed by atoms with Crippen LogP contribution in [0, 0.1) is 5.92 Å². The van der Waals surface area contributed by atoms with Crippen molar-refractivity contribution in [3.63, 3.8) is 0 Å². The van der Waals surface area contributed by atoms with Gasteiger partial charge < -0.3 is 29.5 Å². The van der Waals surface area contributed by atoms with E-state index in [1.165, 1.54) is 6.08 Å². The Kier molecular flexibility index (Phi) is 5.35. The molecule has 27 heavy (non-hydrogen) atoms. The standard InChI is InChI=1S/C20H28O7/c1-5-11(2)10-25-15-7-19(4)16(22)8-20(24,27-19)13(9-21)6-14-17(15)12(3)18(23)26-14/h5-6,14-17,21-22,24H,3,7-10H2,1-2,4H3. The molecule has 0 radical (unpaired) electrons. The van der Waals surface area contributed by atoms with Gasteiger partial charge >= 0.3 is 5.97 Å². The fourth-order valence-corrected chi connectivity index (χ4v) is 4.04. The average Bonchev–Trinajstić information content (AvgIpc) is 3.02. The van der Waals surface area contributed by atoms with Gasteiger partial charge in [0.2, 0.25) is 0 Å². The second kappa shape index (κ2) is 7.14. The van der Waals surface area contributed by atoms with Crippen LogP contribution in [0.15, 0.2) is 35.5 Å². The van der Waals surface area contributed by atoms with Crippen molar-refractivity contribution in [2.75, 3.05) is 13.2 Å². The van der Waals surface area contributed by atoms with Crippen LogP contribution in [0.5, 0.6) is 0 Å². The molecule has 0 aromatic heterocycles. The third-order valence-corrected chi connectivity index (χ3v) is 5.90. The van der Waals surface area contributed by atoms with Crippen molar-refractivity contribution >= 4 is 5.97 Å². The number of hydrogen-bond acceptors (Lipinski definition) is 7. The molecule has 6 atom stereocenters. The summed E-state index contributed by atoms with van der Waals surface area (Å²) in [7, 11) is 0. The number of aliphatic hydroxyl groups excluding tert-OH is 2. The predicted octanol–water partition coefficient (Wildman–Crippen LogP) is 0.986. The molecular formula is C20H28O7. The van der Waals surface area contributed by atoms with Gasteiger partial charge in [-0.1, -0.05) is 18.2 Å². The molecule has 3 aliphatic heterocycles. The minimum absolute atomic E-state index is 0.0806. The minimum Gasteiger partial charge on any atom is -0.454 e. The Bertz CT molecular complexity index is 696. The predicted molar refractivity (Wildman–Crippen MR) is 96.5 cm³/mol. The average molecular weight is 380 g/mol. The van der Waals surface area contributed by atoms with Gasteiger partial charge in [0.1, 0.15) is 6.10 Å². The maximum Gasteiger partial charge on any atom is 0.334 e. The van der Waals surface area contributed by atoms with Crippen LogP contribution >= 0.6 is 0 Å². The number of fused-ring (bicyclic) bond motifs is 3. The van der Waals surface area contributed by atoms with E-state index in [2.05, 4.69) is 6.58 Å². The zero-order chi connectivity index (χ0) is 20.0. The third kappa shape index (κ3) is 3.50. The number of hydrogen-bond donors (Lipinski definition) is 3. The Hall–Kier alpha value is -1.51. The second-order valence-corrected chi connectivity index (χ2v) is 7.88. The zero-order valence-electron chi connectivity index (χ0n) is 16.0. The van der Waals surface area contributed by atoms with E-state index in [9.17, 15) is 20.1 Å². The first-order valence-corrected chi connectivity index (χ1v) is 9.19. The van der Waals surface area contributed by atoms with Gasteiger partial charge in [-0.05, 0) is 26.8 Å². The molecule has 2 bridgehead atoms. The Morgan fingerprint density at radius 3 is 2.81 bits per heavy atom. The molecule has 3 rings (SSSR count). The molecule has 0 spiro atoms. The van der Waals surface area contributed by atoms with Crippen LogP contribution in [0.1, 0.15) is 33.6 Å². The molecule has 0 amide bonds. The first-order valence-electron chi connectivity index (χ1n) is 9.19. The topological polar surface area (TPSA) is 105 Å². The number of ether oxygens (including phenoxy) is 3. The van der Waals surface area contributed by atoms with Gasteiger partial charge in [-0.25, -0.2) is 4.79 Å². The molecule has 0 aliphatic carbocycles. The fourth-order valence-electron chi connectivity index (χ4n) is 4.04. The second-order valence-electron chi connectivity index (χ2n) is 7.88. The van der Waals surface area contributed by atoms with Crippen molar-refractivity contribution in [1.82, 2.24) is 0 Å². The molecule has 2 fully saturated rings. The Morgan fingerprint density at radius 2 is 2.19 bits per heavy atom. The summed E-state index contributed by atoms with van der Waals surface area (Å²) in [5.74, 6) is -2.85. The molecule has 150 valence electrons. The highest BCUT2D eigenvalue weighted by Gasteiger charge is 2.58. The highest BCUT2D eigenvalue weighted by atomic mass is 16.7. The number of rotatable bonds is 4. The molecular weight excluding hydrogens is 352 g/mol. The maximum atomic E-state index is 12.2. The van der Waals surface area contributed by atoms with Gasteiger partial charge in [0.15, 0.2) is 5.79 Å². The molecule has 3 heterocycles. The lowest BCUT2D eigenvalue weighted by Gasteiger charge is -2.35. The van der Waals surface area contributed by atoms with Crippen molar-refractivity contribution in [3.8, 4) is 0 Å². The SMILES string of the molecule is C=C1C(=O)OC2C=C(CO)C3(O)CC(O)C(C)(CC(OCC(C)=CC)C12)O3. The molecule has 7 nitrogen and oxygen atoms in total. The van der Waals surface area contributed by atoms with Gasteiger partial charge in [0.25, 0.3) is 0 Å². The number of aliphatic hydroxyl groups is 3. The van der Waals surface area contributed by atoms with Crippen molar-refractivity contribution in [1.29, 1.82) is 0 Å². The molecule has 0 saturated carbocycles. The van der Waals surface area contributed by atoms with E-state index < -0.39 is 48.2 Å². The van der Waals surface area contributed by atoms with E-state index in [1.54, 1.807) is 6.92 Å². The van der Waals surface area contributed by atoms with Crippen molar-refractivity contribution in [2.45, 2.75) is 63.3 Å². The van der Waals surface area contributed by atoms with Gasteiger partial charge in [-0.3, -0.25) is 0 Å². The molecule has 3 N–H and O–H groups in total. The van der Waals surface area contributed by atoms with E-state index in [0.717, 1.165) is 5.57 Å². The van der Waals surface area contributed by atoms with Crippen molar-refractivity contribution in [2.24, 2.45) is 5.92 Å². The summed E-state index contributed by atoms with van der Waals surface area (Å²) in [4.78, 5) is 12.2. The van der Waals surface area contributed by atoms with Crippen LogP contribution in [0.3, 0.4) is 0 Å². The zero-order valence-corrected chi connectivity index (χ0v) is 16.0. The number of allylic oxidation sites excluding steroid dienone is 1. The van der Waals surface area contributed by atoms with Crippen LogP contribution in [0.2, 0.25) is 0 Å². The van der Waals surface area contributed by atoms with E-state index in [1.807, 2.05) is 19.9 Å². The molecule has 6 unspecified atom stereocenters. The van der Waals surface area contributed by atoms with Gasteiger partial charge in [-0.15, -0.1) is 0 Å². The number of carbonyl (C=O) groups is 1. The van der Waals surface area contributed by atoms with Gasteiger partial charge in [-0.2, -0.15) is 0 Å². The maximum absolute atomic E-state index is 12.2. The van der Waals surface area contributed by atoms with Crippen molar-refractivity contribution < 1.29 is 34.3 Å². The van der Waals surface area contributed by atoms with Crippen LogP contribution in [0.25, 0.3) is 0 Å². The third-order valence-electron chi connectivity index (χ3n) is 5.90. The summed E-state index contributed by atoms with van der Waals surface area (Å²) in [6, 6.07) is 0. The van der Waals surface area contributed by atoms with Crippen LogP contribution < -0.4 is 0 Å². The summed E-state index contributed by atoms with van der Waals surface area (Å²) in [5.41, 5.74) is 0.342. The quantitative estimate of drug-likeness (QED) is 0.379. The summed E-state index contributed by atoms with van der Waals surface area (Å²) in [6.45, 7) is 9.26. The summed E-state index contributed by atoms with van der Waals surface area (Å²) in [5, 5.41) is 31.3. The first kappa shape index (κ1) is 20.2. The normalized spacial score (nSPS) is 42.1. The Balaban J connectivity index is 2.05. The molecule has 3 aliphatic rings. The Labute approximate surface area is 158 Å². The number of carbonyl (C=O) groups excluding carboxylic acids is 1. The Morgan fingerprint density at radius 1 is 1.48 bits per heavy atom. The first-order chi connectivity index (χ1) is 12.6. The molecule has 0 aromatic carbocycles. The fraction of sp³-hybridized carbons (Fsp3) is 0.650. The van der Waals surface area contributed by atoms with E-state index in [0.29, 0.717) is 6.61 Å². The molecule has 0 aromatic rings. The van der Waals surface area contributed by atoms with E-state index in [4.69, 9.17) is 14.2 Å². The molecule has 7 heteroatoms. The monoisotopic (exact) mass is 380 g/mol. The lowest BCUT2D eigenvalue weighted by atomic mass is 9.80. The van der Waals surface area contributed by atoms with Crippen LogP contribution in [-0.2, 0) is 19.0 Å². The summed E-state index contributed by atoms with van der Waals surface area (Å²) >= 11 is 0. The largest absolute Gasteiger partial charge is 0.454 e. The lowest BCUT2D eigenvalue weighted by Crippen LogP contribution is -2.44.